The number of carboxylic acid groups (broad SMARTS) is 1. The number of anilines is 1. The molecule has 1 heterocycles. The van der Waals surface area contributed by atoms with Crippen LogP contribution in [0.15, 0.2) is 6.20 Å². The molecule has 1 unspecified atom stereocenters. The number of aromatic carboxylic acids is 1. The van der Waals surface area contributed by atoms with Gasteiger partial charge in [0.2, 0.25) is 0 Å². The lowest BCUT2D eigenvalue weighted by atomic mass is 10.1. The summed E-state index contributed by atoms with van der Waals surface area (Å²) >= 11 is 0. The monoisotopic (exact) mass is 281 g/mol. The fourth-order valence-corrected chi connectivity index (χ4v) is 1.82. The van der Waals surface area contributed by atoms with Crippen LogP contribution in [-0.4, -0.2) is 38.8 Å². The summed E-state index contributed by atoms with van der Waals surface area (Å²) in [5.74, 6) is -0.162. The summed E-state index contributed by atoms with van der Waals surface area (Å²) in [6.45, 7) is 8.13. The summed E-state index contributed by atoms with van der Waals surface area (Å²) in [4.78, 5) is 19.4. The smallest absolute Gasteiger partial charge is 0.356 e. The molecule has 0 saturated heterocycles. The van der Waals surface area contributed by atoms with Gasteiger partial charge in [-0.25, -0.2) is 14.8 Å². The van der Waals surface area contributed by atoms with Crippen molar-refractivity contribution in [2.75, 3.05) is 11.9 Å². The third kappa shape index (κ3) is 4.77. The number of rotatable bonds is 7. The van der Waals surface area contributed by atoms with Crippen LogP contribution in [0.3, 0.4) is 0 Å². The molecule has 1 atom stereocenters. The Morgan fingerprint density at radius 2 is 2.00 bits per heavy atom. The quantitative estimate of drug-likeness (QED) is 0.708. The zero-order valence-corrected chi connectivity index (χ0v) is 12.4. The molecular weight excluding hydrogens is 258 g/mol. The van der Waals surface area contributed by atoms with Gasteiger partial charge in [-0.2, -0.15) is 0 Å². The molecule has 1 aromatic rings. The minimum atomic E-state index is -1.10. The minimum absolute atomic E-state index is 0.0551. The average molecular weight is 281 g/mol. The highest BCUT2D eigenvalue weighted by atomic mass is 16.4. The molecule has 1 aromatic heterocycles. The molecule has 0 fully saturated rings. The zero-order valence-electron chi connectivity index (χ0n) is 12.4. The number of aromatic nitrogens is 2. The van der Waals surface area contributed by atoms with Crippen LogP contribution in [-0.2, 0) is 0 Å². The van der Waals surface area contributed by atoms with E-state index >= 15 is 0 Å². The predicted molar refractivity (Wildman–Crippen MR) is 77.0 cm³/mol. The zero-order chi connectivity index (χ0) is 15.3. The molecule has 6 nitrogen and oxygen atoms in total. The van der Waals surface area contributed by atoms with Crippen molar-refractivity contribution >= 4 is 11.7 Å². The van der Waals surface area contributed by atoms with Gasteiger partial charge in [0, 0.05) is 12.5 Å². The lowest BCUT2D eigenvalue weighted by molar-refractivity contribution is 0.0690. The Morgan fingerprint density at radius 3 is 2.50 bits per heavy atom. The first kappa shape index (κ1) is 16.4. The van der Waals surface area contributed by atoms with Gasteiger partial charge in [0.15, 0.2) is 5.69 Å². The van der Waals surface area contributed by atoms with Crippen molar-refractivity contribution in [2.45, 2.75) is 46.1 Å². The molecule has 3 N–H and O–H groups in total. The number of hydrogen-bond donors (Lipinski definition) is 3. The van der Waals surface area contributed by atoms with Crippen LogP contribution in [0.25, 0.3) is 0 Å². The third-order valence-electron chi connectivity index (χ3n) is 2.80. The van der Waals surface area contributed by atoms with Gasteiger partial charge in [-0.3, -0.25) is 0 Å². The first-order valence-corrected chi connectivity index (χ1v) is 6.83. The number of aliphatic hydroxyl groups is 1. The van der Waals surface area contributed by atoms with Gasteiger partial charge in [-0.1, -0.05) is 27.7 Å². The van der Waals surface area contributed by atoms with Crippen molar-refractivity contribution < 1.29 is 15.0 Å². The van der Waals surface area contributed by atoms with Crippen LogP contribution in [0, 0.1) is 5.92 Å². The molecule has 1 rings (SSSR count). The van der Waals surface area contributed by atoms with Gasteiger partial charge in [0.25, 0.3) is 0 Å². The SMILES string of the molecule is CC(C)CC(O)CNc1cnc(C(C)C)nc1C(=O)O. The molecule has 0 amide bonds. The van der Waals surface area contributed by atoms with Crippen LogP contribution in [0.1, 0.15) is 56.3 Å². The topological polar surface area (TPSA) is 95.3 Å². The molecular formula is C14H23N3O3. The summed E-state index contributed by atoms with van der Waals surface area (Å²) in [5, 5.41) is 21.9. The Balaban J connectivity index is 2.81. The second-order valence-electron chi connectivity index (χ2n) is 5.61. The highest BCUT2D eigenvalue weighted by Gasteiger charge is 2.16. The van der Waals surface area contributed by atoms with Crippen LogP contribution >= 0.6 is 0 Å². The van der Waals surface area contributed by atoms with Gasteiger partial charge in [-0.05, 0) is 12.3 Å². The normalized spacial score (nSPS) is 12.8. The van der Waals surface area contributed by atoms with Gasteiger partial charge in [0.05, 0.1) is 18.0 Å². The first-order valence-electron chi connectivity index (χ1n) is 6.83. The van der Waals surface area contributed by atoms with E-state index in [9.17, 15) is 15.0 Å². The number of nitrogens with one attached hydrogen (secondary N) is 1. The van der Waals surface area contributed by atoms with Crippen molar-refractivity contribution in [3.05, 3.63) is 17.7 Å². The van der Waals surface area contributed by atoms with E-state index in [1.807, 2.05) is 27.7 Å². The maximum absolute atomic E-state index is 11.2. The first-order chi connectivity index (χ1) is 9.31. The summed E-state index contributed by atoms with van der Waals surface area (Å²) < 4.78 is 0. The fourth-order valence-electron chi connectivity index (χ4n) is 1.82. The Bertz CT molecular complexity index is 461. The van der Waals surface area contributed by atoms with Gasteiger partial charge in [-0.15, -0.1) is 0 Å². The van der Waals surface area contributed by atoms with E-state index < -0.39 is 12.1 Å². The Morgan fingerprint density at radius 1 is 1.35 bits per heavy atom. The second-order valence-corrected chi connectivity index (χ2v) is 5.61. The molecule has 112 valence electrons. The Labute approximate surface area is 119 Å². The van der Waals surface area contributed by atoms with E-state index in [4.69, 9.17) is 0 Å². The number of carbonyl (C=O) groups is 1. The van der Waals surface area contributed by atoms with E-state index in [1.165, 1.54) is 6.20 Å². The summed E-state index contributed by atoms with van der Waals surface area (Å²) in [6, 6.07) is 0. The third-order valence-corrected chi connectivity index (χ3v) is 2.80. The summed E-state index contributed by atoms with van der Waals surface area (Å²) in [7, 11) is 0. The summed E-state index contributed by atoms with van der Waals surface area (Å²) in [5.41, 5.74) is 0.283. The number of carboxylic acids is 1. The van der Waals surface area contributed by atoms with Gasteiger partial charge < -0.3 is 15.5 Å². The molecule has 20 heavy (non-hydrogen) atoms. The minimum Gasteiger partial charge on any atom is -0.476 e. The van der Waals surface area contributed by atoms with Crippen LogP contribution in [0.2, 0.25) is 0 Å². The second kappa shape index (κ2) is 7.19. The number of hydrogen-bond acceptors (Lipinski definition) is 5. The molecule has 0 aliphatic heterocycles. The molecule has 6 heteroatoms. The molecule has 0 aliphatic carbocycles. The maximum atomic E-state index is 11.2. The predicted octanol–water partition coefficient (Wildman–Crippen LogP) is 2.12. The molecule has 0 spiro atoms. The Kier molecular flexibility index (Phi) is 5.88. The largest absolute Gasteiger partial charge is 0.476 e. The maximum Gasteiger partial charge on any atom is 0.356 e. The number of aliphatic hydroxyl groups excluding tert-OH is 1. The van der Waals surface area contributed by atoms with Gasteiger partial charge in [0.1, 0.15) is 5.82 Å². The standard InChI is InChI=1S/C14H23N3O3/c1-8(2)5-10(18)6-15-11-7-16-13(9(3)4)17-12(11)14(19)20/h7-10,15,18H,5-6H2,1-4H3,(H,19,20). The summed E-state index contributed by atoms with van der Waals surface area (Å²) in [6.07, 6.45) is 1.59. The molecule has 0 aromatic carbocycles. The van der Waals surface area contributed by atoms with Crippen molar-refractivity contribution in [3.8, 4) is 0 Å². The Hall–Kier alpha value is -1.69. The van der Waals surface area contributed by atoms with Crippen LogP contribution < -0.4 is 5.32 Å². The van der Waals surface area contributed by atoms with Crippen molar-refractivity contribution in [1.29, 1.82) is 0 Å². The van der Waals surface area contributed by atoms with E-state index in [0.29, 0.717) is 23.9 Å². The highest BCUT2D eigenvalue weighted by Crippen LogP contribution is 2.17. The van der Waals surface area contributed by atoms with E-state index in [2.05, 4.69) is 15.3 Å². The van der Waals surface area contributed by atoms with Crippen LogP contribution in [0.4, 0.5) is 5.69 Å². The molecule has 0 saturated carbocycles. The fraction of sp³-hybridized carbons (Fsp3) is 0.643. The molecule has 0 aliphatic rings. The van der Waals surface area contributed by atoms with Crippen molar-refractivity contribution in [1.82, 2.24) is 9.97 Å². The number of nitrogens with zero attached hydrogens (tertiary/aromatic N) is 2. The van der Waals surface area contributed by atoms with Crippen molar-refractivity contribution in [2.24, 2.45) is 5.92 Å². The lowest BCUT2D eigenvalue weighted by Gasteiger charge is -2.16. The molecule has 0 radical (unpaired) electrons. The highest BCUT2D eigenvalue weighted by molar-refractivity contribution is 5.91. The lowest BCUT2D eigenvalue weighted by Crippen LogP contribution is -2.23. The van der Waals surface area contributed by atoms with E-state index in [-0.39, 0.29) is 18.2 Å². The van der Waals surface area contributed by atoms with Gasteiger partial charge >= 0.3 is 5.97 Å². The van der Waals surface area contributed by atoms with Crippen LogP contribution in [0.5, 0.6) is 0 Å². The van der Waals surface area contributed by atoms with Crippen molar-refractivity contribution in [3.63, 3.8) is 0 Å². The van der Waals surface area contributed by atoms with E-state index in [1.54, 1.807) is 0 Å². The van der Waals surface area contributed by atoms with E-state index in [0.717, 1.165) is 0 Å². The molecule has 0 bridgehead atoms. The average Bonchev–Trinajstić information content (AvgIpc) is 2.35.